The third-order valence-electron chi connectivity index (χ3n) is 1.78. The quantitative estimate of drug-likeness (QED) is 0.589. The monoisotopic (exact) mass is 252 g/mol. The van der Waals surface area contributed by atoms with Crippen molar-refractivity contribution in [3.05, 3.63) is 0 Å². The Kier molecular flexibility index (Phi) is 6.16. The fourth-order valence-corrected chi connectivity index (χ4v) is 1.43. The van der Waals surface area contributed by atoms with Gasteiger partial charge in [0.15, 0.2) is 0 Å². The van der Waals surface area contributed by atoms with E-state index < -0.39 is 16.2 Å². The first-order chi connectivity index (χ1) is 7.25. The highest BCUT2D eigenvalue weighted by Gasteiger charge is 2.14. The fraction of sp³-hybridized carbons (Fsp3) is 0.750. The van der Waals surface area contributed by atoms with E-state index in [4.69, 9.17) is 5.11 Å². The maximum Gasteiger partial charge on any atom is 0.303 e. The number of rotatable bonds is 8. The Balaban J connectivity index is 3.87. The standard InChI is InChI=1S/C8H16N2O5S/c1-10(2)16(14,15)9-6-7(11)4-3-5-8(12)13/h9H,3-6H2,1-2H3,(H,12,13). The average molecular weight is 252 g/mol. The van der Waals surface area contributed by atoms with Crippen LogP contribution in [0, 0.1) is 0 Å². The third-order valence-corrected chi connectivity index (χ3v) is 3.25. The maximum atomic E-state index is 11.2. The summed E-state index contributed by atoms with van der Waals surface area (Å²) < 4.78 is 25.4. The molecule has 0 fully saturated rings. The van der Waals surface area contributed by atoms with Gasteiger partial charge in [0.1, 0.15) is 5.78 Å². The van der Waals surface area contributed by atoms with Gasteiger partial charge in [0.2, 0.25) is 0 Å². The molecule has 0 aliphatic rings. The molecule has 0 aromatic heterocycles. The summed E-state index contributed by atoms with van der Waals surface area (Å²) in [7, 11) is -0.899. The Labute approximate surface area is 94.6 Å². The lowest BCUT2D eigenvalue weighted by Crippen LogP contribution is -2.38. The van der Waals surface area contributed by atoms with E-state index in [1.165, 1.54) is 14.1 Å². The van der Waals surface area contributed by atoms with E-state index in [0.717, 1.165) is 4.31 Å². The number of ketones is 1. The molecule has 16 heavy (non-hydrogen) atoms. The van der Waals surface area contributed by atoms with Crippen LogP contribution in [0.3, 0.4) is 0 Å². The number of carboxylic acids is 1. The highest BCUT2D eigenvalue weighted by Crippen LogP contribution is 1.97. The molecule has 0 aliphatic heterocycles. The molecule has 0 aromatic rings. The minimum atomic E-state index is -3.59. The summed E-state index contributed by atoms with van der Waals surface area (Å²) in [6.45, 7) is -0.305. The van der Waals surface area contributed by atoms with Gasteiger partial charge in [-0.15, -0.1) is 0 Å². The number of carbonyl (C=O) groups is 2. The molecule has 0 heterocycles. The van der Waals surface area contributed by atoms with Gasteiger partial charge >= 0.3 is 5.97 Å². The molecule has 0 radical (unpaired) electrons. The first-order valence-corrected chi connectivity index (χ1v) is 6.10. The summed E-state index contributed by atoms with van der Waals surface area (Å²) in [6.07, 6.45) is 0.187. The van der Waals surface area contributed by atoms with Crippen LogP contribution in [0.2, 0.25) is 0 Å². The van der Waals surface area contributed by atoms with Crippen molar-refractivity contribution >= 4 is 22.0 Å². The van der Waals surface area contributed by atoms with E-state index in [1.54, 1.807) is 0 Å². The smallest absolute Gasteiger partial charge is 0.303 e. The normalized spacial score (nSPS) is 11.7. The van der Waals surface area contributed by atoms with Gasteiger partial charge in [-0.3, -0.25) is 9.59 Å². The fourth-order valence-electron chi connectivity index (χ4n) is 0.826. The molecular weight excluding hydrogens is 236 g/mol. The summed E-state index contributed by atoms with van der Waals surface area (Å²) in [5.74, 6) is -1.30. The van der Waals surface area contributed by atoms with Gasteiger partial charge < -0.3 is 5.11 Å². The van der Waals surface area contributed by atoms with E-state index in [2.05, 4.69) is 4.72 Å². The molecule has 0 bridgehead atoms. The van der Waals surface area contributed by atoms with Crippen LogP contribution < -0.4 is 4.72 Å². The van der Waals surface area contributed by atoms with Crippen molar-refractivity contribution < 1.29 is 23.1 Å². The van der Waals surface area contributed by atoms with E-state index in [9.17, 15) is 18.0 Å². The summed E-state index contributed by atoms with van der Waals surface area (Å²) in [5.41, 5.74) is 0. The van der Waals surface area contributed by atoms with Crippen molar-refractivity contribution in [2.75, 3.05) is 20.6 Å². The van der Waals surface area contributed by atoms with Crippen molar-refractivity contribution in [2.45, 2.75) is 19.3 Å². The Morgan fingerprint density at radius 2 is 1.81 bits per heavy atom. The second kappa shape index (κ2) is 6.56. The van der Waals surface area contributed by atoms with Crippen molar-refractivity contribution in [2.24, 2.45) is 0 Å². The Morgan fingerprint density at radius 3 is 2.25 bits per heavy atom. The van der Waals surface area contributed by atoms with Gasteiger partial charge in [-0.2, -0.15) is 17.4 Å². The van der Waals surface area contributed by atoms with Crippen LogP contribution in [-0.4, -0.2) is 50.2 Å². The second-order valence-corrected chi connectivity index (χ2v) is 5.36. The van der Waals surface area contributed by atoms with Gasteiger partial charge in [0.05, 0.1) is 6.54 Å². The summed E-state index contributed by atoms with van der Waals surface area (Å²) in [6, 6.07) is 0. The van der Waals surface area contributed by atoms with Gasteiger partial charge in [0, 0.05) is 26.9 Å². The molecule has 94 valence electrons. The molecule has 0 atom stereocenters. The Hall–Kier alpha value is -0.990. The summed E-state index contributed by atoms with van der Waals surface area (Å²) in [5, 5.41) is 8.33. The van der Waals surface area contributed by atoms with Gasteiger partial charge in [-0.25, -0.2) is 0 Å². The SMILES string of the molecule is CN(C)S(=O)(=O)NCC(=O)CCCC(=O)O. The van der Waals surface area contributed by atoms with Crippen LogP contribution in [0.5, 0.6) is 0 Å². The predicted molar refractivity (Wildman–Crippen MR) is 57.1 cm³/mol. The predicted octanol–water partition coefficient (Wildman–Crippen LogP) is -0.794. The van der Waals surface area contributed by atoms with Crippen molar-refractivity contribution in [3.63, 3.8) is 0 Å². The number of carbonyl (C=O) groups excluding carboxylic acids is 1. The molecule has 0 saturated carbocycles. The average Bonchev–Trinajstić information content (AvgIpc) is 2.14. The molecular formula is C8H16N2O5S. The molecule has 0 spiro atoms. The summed E-state index contributed by atoms with van der Waals surface area (Å²) in [4.78, 5) is 21.3. The van der Waals surface area contributed by atoms with Crippen LogP contribution in [0.15, 0.2) is 0 Å². The number of hydrogen-bond donors (Lipinski definition) is 2. The molecule has 0 saturated heterocycles. The highest BCUT2D eigenvalue weighted by atomic mass is 32.2. The highest BCUT2D eigenvalue weighted by molar-refractivity contribution is 7.87. The number of hydrogen-bond acceptors (Lipinski definition) is 4. The van der Waals surface area contributed by atoms with Gasteiger partial charge in [-0.1, -0.05) is 0 Å². The van der Waals surface area contributed by atoms with Crippen molar-refractivity contribution in [1.29, 1.82) is 0 Å². The minimum Gasteiger partial charge on any atom is -0.481 e. The Bertz CT molecular complexity index is 349. The maximum absolute atomic E-state index is 11.2. The number of Topliss-reactive ketones (excluding diaryl/α,β-unsaturated/α-hetero) is 1. The third kappa shape index (κ3) is 6.49. The summed E-state index contributed by atoms with van der Waals surface area (Å²) >= 11 is 0. The van der Waals surface area contributed by atoms with E-state index in [1.807, 2.05) is 0 Å². The first-order valence-electron chi connectivity index (χ1n) is 4.66. The van der Waals surface area contributed by atoms with E-state index >= 15 is 0 Å². The lowest BCUT2D eigenvalue weighted by atomic mass is 10.2. The van der Waals surface area contributed by atoms with Crippen LogP contribution >= 0.6 is 0 Å². The van der Waals surface area contributed by atoms with Crippen molar-refractivity contribution in [1.82, 2.24) is 9.03 Å². The molecule has 0 aromatic carbocycles. The number of carboxylic acid groups (broad SMARTS) is 1. The molecule has 7 nitrogen and oxygen atoms in total. The number of nitrogens with one attached hydrogen (secondary N) is 1. The van der Waals surface area contributed by atoms with Crippen LogP contribution in [0.1, 0.15) is 19.3 Å². The van der Waals surface area contributed by atoms with Crippen molar-refractivity contribution in [3.8, 4) is 0 Å². The largest absolute Gasteiger partial charge is 0.481 e. The molecule has 0 amide bonds. The Morgan fingerprint density at radius 1 is 1.25 bits per heavy atom. The lowest BCUT2D eigenvalue weighted by Gasteiger charge is -2.11. The zero-order valence-electron chi connectivity index (χ0n) is 9.26. The first kappa shape index (κ1) is 15.0. The van der Waals surface area contributed by atoms with Crippen LogP contribution in [0.25, 0.3) is 0 Å². The van der Waals surface area contributed by atoms with Crippen LogP contribution in [0.4, 0.5) is 0 Å². The molecule has 0 rings (SSSR count). The topological polar surface area (TPSA) is 104 Å². The van der Waals surface area contributed by atoms with E-state index in [0.29, 0.717) is 0 Å². The zero-order chi connectivity index (χ0) is 12.8. The van der Waals surface area contributed by atoms with Gasteiger partial charge in [-0.05, 0) is 6.42 Å². The molecule has 0 aliphatic carbocycles. The molecule has 0 unspecified atom stereocenters. The molecule has 2 N–H and O–H groups in total. The van der Waals surface area contributed by atoms with Gasteiger partial charge in [0.25, 0.3) is 10.2 Å². The zero-order valence-corrected chi connectivity index (χ0v) is 10.1. The number of aliphatic carboxylic acids is 1. The molecule has 8 heteroatoms. The lowest BCUT2D eigenvalue weighted by molar-refractivity contribution is -0.137. The second-order valence-electron chi connectivity index (χ2n) is 3.39. The minimum absolute atomic E-state index is 0.0578. The van der Waals surface area contributed by atoms with E-state index in [-0.39, 0.29) is 31.6 Å². The number of nitrogens with zero attached hydrogens (tertiary/aromatic N) is 1. The van der Waals surface area contributed by atoms with Crippen LogP contribution in [-0.2, 0) is 19.8 Å².